The number of halogens is 3. The summed E-state index contributed by atoms with van der Waals surface area (Å²) in [5.74, 6) is -1.48. The van der Waals surface area contributed by atoms with Crippen LogP contribution >= 0.6 is 23.2 Å². The zero-order valence-corrected chi connectivity index (χ0v) is 23.2. The van der Waals surface area contributed by atoms with Gasteiger partial charge < -0.3 is 10.2 Å². The third kappa shape index (κ3) is 7.03. The van der Waals surface area contributed by atoms with Gasteiger partial charge in [0.05, 0.1) is 15.6 Å². The summed E-state index contributed by atoms with van der Waals surface area (Å²) in [4.78, 5) is 28.0. The average Bonchev–Trinajstić information content (AvgIpc) is 2.90. The Labute approximate surface area is 232 Å². The molecule has 3 rings (SSSR count). The zero-order valence-electron chi connectivity index (χ0n) is 20.9. The summed E-state index contributed by atoms with van der Waals surface area (Å²) in [6.45, 7) is 3.15. The molecule has 38 heavy (non-hydrogen) atoms. The van der Waals surface area contributed by atoms with Crippen molar-refractivity contribution >= 4 is 50.7 Å². The number of anilines is 1. The lowest BCUT2D eigenvalue weighted by Crippen LogP contribution is -2.52. The summed E-state index contributed by atoms with van der Waals surface area (Å²) in [7, 11) is -4.27. The third-order valence-electron chi connectivity index (χ3n) is 5.79. The van der Waals surface area contributed by atoms with Crippen LogP contribution in [-0.2, 0) is 26.2 Å². The first-order chi connectivity index (χ1) is 18.1. The Hall–Kier alpha value is -3.14. The van der Waals surface area contributed by atoms with Gasteiger partial charge in [-0.3, -0.25) is 13.9 Å². The summed E-state index contributed by atoms with van der Waals surface area (Å²) in [5.41, 5.74) is 0.588. The van der Waals surface area contributed by atoms with Crippen LogP contribution in [0, 0.1) is 5.82 Å². The number of nitrogens with zero attached hydrogens (tertiary/aromatic N) is 2. The van der Waals surface area contributed by atoms with Crippen molar-refractivity contribution in [1.29, 1.82) is 0 Å². The van der Waals surface area contributed by atoms with E-state index in [1.54, 1.807) is 32.0 Å². The van der Waals surface area contributed by atoms with Crippen molar-refractivity contribution in [3.63, 3.8) is 0 Å². The largest absolute Gasteiger partial charge is 0.355 e. The number of benzene rings is 3. The van der Waals surface area contributed by atoms with Crippen LogP contribution in [0.25, 0.3) is 0 Å². The van der Waals surface area contributed by atoms with Gasteiger partial charge in [-0.25, -0.2) is 12.8 Å². The van der Waals surface area contributed by atoms with Crippen LogP contribution in [-0.4, -0.2) is 44.3 Å². The van der Waals surface area contributed by atoms with Crippen LogP contribution < -0.4 is 9.62 Å². The molecule has 202 valence electrons. The molecule has 0 aliphatic rings. The minimum absolute atomic E-state index is 0.0177. The highest BCUT2D eigenvalue weighted by molar-refractivity contribution is 7.92. The minimum Gasteiger partial charge on any atom is -0.355 e. The molecule has 0 aromatic heterocycles. The maximum absolute atomic E-state index is 13.9. The molecule has 0 bridgehead atoms. The average molecular weight is 581 g/mol. The van der Waals surface area contributed by atoms with Crippen molar-refractivity contribution in [2.75, 3.05) is 17.4 Å². The first kappa shape index (κ1) is 29.4. The first-order valence-corrected chi connectivity index (χ1v) is 14.1. The number of likely N-dealkylation sites (N-methyl/N-ethyl adjacent to an activating group) is 1. The molecule has 11 heteroatoms. The van der Waals surface area contributed by atoms with E-state index < -0.39 is 34.3 Å². The van der Waals surface area contributed by atoms with Crippen LogP contribution in [0.3, 0.4) is 0 Å². The van der Waals surface area contributed by atoms with Crippen molar-refractivity contribution < 1.29 is 22.4 Å². The fraction of sp³-hybridized carbons (Fsp3) is 0.259. The second kappa shape index (κ2) is 13.1. The molecule has 0 fully saturated rings. The number of sulfonamides is 1. The number of hydrogen-bond acceptors (Lipinski definition) is 4. The van der Waals surface area contributed by atoms with Crippen LogP contribution in [0.1, 0.15) is 25.8 Å². The van der Waals surface area contributed by atoms with E-state index in [1.807, 2.05) is 0 Å². The van der Waals surface area contributed by atoms with Gasteiger partial charge in [-0.2, -0.15) is 0 Å². The molecule has 0 radical (unpaired) electrons. The molecule has 0 saturated heterocycles. The minimum atomic E-state index is -4.27. The van der Waals surface area contributed by atoms with E-state index in [0.29, 0.717) is 12.1 Å². The fourth-order valence-electron chi connectivity index (χ4n) is 3.91. The standard InChI is InChI=1S/C27H28Cl2FN3O4S/c1-3-24(27(35)31-4-2)32(17-19-10-13-21(30)14-11-19)26(34)18-33(25-16-20(28)12-15-23(25)29)38(36,37)22-8-6-5-7-9-22/h5-16,24H,3-4,17-18H2,1-2H3,(H,31,35)/t24-/m1/s1. The number of nitrogens with one attached hydrogen (secondary N) is 1. The molecule has 1 N–H and O–H groups in total. The van der Waals surface area contributed by atoms with Gasteiger partial charge in [0, 0.05) is 18.1 Å². The molecule has 1 atom stereocenters. The molecule has 7 nitrogen and oxygen atoms in total. The van der Waals surface area contributed by atoms with E-state index in [9.17, 15) is 22.4 Å². The van der Waals surface area contributed by atoms with Crippen molar-refractivity contribution in [1.82, 2.24) is 10.2 Å². The summed E-state index contributed by atoms with van der Waals surface area (Å²) < 4.78 is 41.9. The molecule has 2 amide bonds. The van der Waals surface area contributed by atoms with Crippen molar-refractivity contribution in [2.45, 2.75) is 37.8 Å². The van der Waals surface area contributed by atoms with Gasteiger partial charge in [0.2, 0.25) is 11.8 Å². The number of carbonyl (C=O) groups excluding carboxylic acids is 2. The summed E-state index contributed by atoms with van der Waals surface area (Å²) in [5, 5.41) is 3.02. The Balaban J connectivity index is 2.08. The van der Waals surface area contributed by atoms with Gasteiger partial charge in [0.1, 0.15) is 18.4 Å². The molecule has 0 saturated carbocycles. The van der Waals surface area contributed by atoms with E-state index in [2.05, 4.69) is 5.32 Å². The quantitative estimate of drug-likeness (QED) is 0.335. The number of rotatable bonds is 11. The second-order valence-corrected chi connectivity index (χ2v) is 11.1. The van der Waals surface area contributed by atoms with E-state index >= 15 is 0 Å². The Kier molecular flexibility index (Phi) is 10.1. The van der Waals surface area contributed by atoms with Gasteiger partial charge in [-0.1, -0.05) is 60.5 Å². The first-order valence-electron chi connectivity index (χ1n) is 11.9. The van der Waals surface area contributed by atoms with Crippen LogP contribution in [0.5, 0.6) is 0 Å². The highest BCUT2D eigenvalue weighted by Gasteiger charge is 2.34. The third-order valence-corrected chi connectivity index (χ3v) is 8.12. The Bertz CT molecular complexity index is 1370. The van der Waals surface area contributed by atoms with Crippen LogP contribution in [0.4, 0.5) is 10.1 Å². The Morgan fingerprint density at radius 2 is 1.63 bits per heavy atom. The van der Waals surface area contributed by atoms with Gasteiger partial charge >= 0.3 is 0 Å². The SMILES string of the molecule is CCNC(=O)[C@@H](CC)N(Cc1ccc(F)cc1)C(=O)CN(c1cc(Cl)ccc1Cl)S(=O)(=O)c1ccccc1. The van der Waals surface area contributed by atoms with Crippen LogP contribution in [0.2, 0.25) is 10.0 Å². The van der Waals surface area contributed by atoms with E-state index in [0.717, 1.165) is 4.31 Å². The van der Waals surface area contributed by atoms with Crippen LogP contribution in [0.15, 0.2) is 77.7 Å². The molecular formula is C27H28Cl2FN3O4S. The van der Waals surface area contributed by atoms with Gasteiger partial charge in [0.25, 0.3) is 10.0 Å². The molecule has 3 aromatic rings. The number of hydrogen-bond donors (Lipinski definition) is 1. The molecular weight excluding hydrogens is 552 g/mol. The predicted molar refractivity (Wildman–Crippen MR) is 147 cm³/mol. The molecule has 0 unspecified atom stereocenters. The lowest BCUT2D eigenvalue weighted by atomic mass is 10.1. The number of amides is 2. The van der Waals surface area contributed by atoms with Gasteiger partial charge in [-0.05, 0) is 61.4 Å². The topological polar surface area (TPSA) is 86.8 Å². The molecule has 0 spiro atoms. The van der Waals surface area contributed by atoms with Crippen molar-refractivity contribution in [3.8, 4) is 0 Å². The number of carbonyl (C=O) groups is 2. The Morgan fingerprint density at radius 3 is 2.24 bits per heavy atom. The lowest BCUT2D eigenvalue weighted by molar-refractivity contribution is -0.140. The fourth-order valence-corrected chi connectivity index (χ4v) is 5.79. The lowest BCUT2D eigenvalue weighted by Gasteiger charge is -2.33. The van der Waals surface area contributed by atoms with Gasteiger partial charge in [0.15, 0.2) is 0 Å². The molecule has 3 aromatic carbocycles. The maximum Gasteiger partial charge on any atom is 0.264 e. The van der Waals surface area contributed by atoms with E-state index in [1.165, 1.54) is 59.5 Å². The van der Waals surface area contributed by atoms with Crippen molar-refractivity contribution in [2.24, 2.45) is 0 Å². The van der Waals surface area contributed by atoms with Gasteiger partial charge in [-0.15, -0.1) is 0 Å². The normalized spacial score (nSPS) is 12.0. The smallest absolute Gasteiger partial charge is 0.264 e. The second-order valence-electron chi connectivity index (χ2n) is 8.39. The molecule has 0 heterocycles. The molecule has 0 aliphatic heterocycles. The predicted octanol–water partition coefficient (Wildman–Crippen LogP) is 5.27. The summed E-state index contributed by atoms with van der Waals surface area (Å²) >= 11 is 12.6. The highest BCUT2D eigenvalue weighted by atomic mass is 35.5. The summed E-state index contributed by atoms with van der Waals surface area (Å²) in [6, 6.07) is 16.5. The van der Waals surface area contributed by atoms with Crippen molar-refractivity contribution in [3.05, 3.63) is 94.2 Å². The maximum atomic E-state index is 13.9. The van der Waals surface area contributed by atoms with E-state index in [4.69, 9.17) is 23.2 Å². The Morgan fingerprint density at radius 1 is 0.974 bits per heavy atom. The summed E-state index contributed by atoms with van der Waals surface area (Å²) in [6.07, 6.45) is 0.266. The highest BCUT2D eigenvalue weighted by Crippen LogP contribution is 2.33. The monoisotopic (exact) mass is 579 g/mol. The zero-order chi connectivity index (χ0) is 27.9. The van der Waals surface area contributed by atoms with E-state index in [-0.39, 0.29) is 39.5 Å². The molecule has 0 aliphatic carbocycles.